The topological polar surface area (TPSA) is 12.0 Å². The summed E-state index contributed by atoms with van der Waals surface area (Å²) in [6.45, 7) is 4.54. The summed E-state index contributed by atoms with van der Waals surface area (Å²) in [5.41, 5.74) is 2.86. The molecule has 0 saturated carbocycles. The molecule has 0 aliphatic rings. The lowest BCUT2D eigenvalue weighted by Crippen LogP contribution is -2.18. The Kier molecular flexibility index (Phi) is 5.93. The SMILES string of the molecule is CNC(CSC)c1cccc(CC(C)C)c1. The van der Waals surface area contributed by atoms with Crippen molar-refractivity contribution in [2.24, 2.45) is 5.92 Å². The largest absolute Gasteiger partial charge is 0.312 e. The maximum absolute atomic E-state index is 3.38. The minimum atomic E-state index is 0.474. The van der Waals surface area contributed by atoms with Gasteiger partial charge in [-0.1, -0.05) is 38.1 Å². The third kappa shape index (κ3) is 4.18. The lowest BCUT2D eigenvalue weighted by atomic mass is 9.99. The Labute approximate surface area is 104 Å². The number of hydrogen-bond donors (Lipinski definition) is 1. The smallest absolute Gasteiger partial charge is 0.0409 e. The molecular formula is C14H23NS. The third-order valence-electron chi connectivity index (χ3n) is 2.68. The molecule has 2 heteroatoms. The molecule has 1 aromatic rings. The quantitative estimate of drug-likeness (QED) is 0.812. The number of hydrogen-bond acceptors (Lipinski definition) is 2. The third-order valence-corrected chi connectivity index (χ3v) is 3.35. The van der Waals surface area contributed by atoms with E-state index in [-0.39, 0.29) is 0 Å². The minimum absolute atomic E-state index is 0.474. The van der Waals surface area contributed by atoms with Crippen molar-refractivity contribution in [3.63, 3.8) is 0 Å². The lowest BCUT2D eigenvalue weighted by molar-refractivity contribution is 0.638. The van der Waals surface area contributed by atoms with Crippen LogP contribution in [0.4, 0.5) is 0 Å². The Morgan fingerprint density at radius 3 is 2.62 bits per heavy atom. The van der Waals surface area contributed by atoms with E-state index in [1.54, 1.807) is 0 Å². The fourth-order valence-corrected chi connectivity index (χ4v) is 2.61. The fraction of sp³-hybridized carbons (Fsp3) is 0.571. The van der Waals surface area contributed by atoms with Gasteiger partial charge in [0, 0.05) is 11.8 Å². The Balaban J connectivity index is 2.79. The second kappa shape index (κ2) is 6.97. The van der Waals surface area contributed by atoms with Crippen LogP contribution in [-0.2, 0) is 6.42 Å². The Bertz CT molecular complexity index is 309. The van der Waals surface area contributed by atoms with E-state index < -0.39 is 0 Å². The van der Waals surface area contributed by atoms with E-state index in [9.17, 15) is 0 Å². The van der Waals surface area contributed by atoms with E-state index in [0.29, 0.717) is 6.04 Å². The molecule has 0 saturated heterocycles. The molecule has 0 aliphatic heterocycles. The summed E-state index contributed by atoms with van der Waals surface area (Å²) in [6.07, 6.45) is 3.33. The van der Waals surface area contributed by atoms with Gasteiger partial charge in [0.15, 0.2) is 0 Å². The molecule has 0 fully saturated rings. The summed E-state index contributed by atoms with van der Waals surface area (Å²) in [5.74, 6) is 1.85. The van der Waals surface area contributed by atoms with Crippen molar-refractivity contribution in [3.05, 3.63) is 35.4 Å². The van der Waals surface area contributed by atoms with Crippen molar-refractivity contribution in [3.8, 4) is 0 Å². The van der Waals surface area contributed by atoms with Crippen molar-refractivity contribution in [1.29, 1.82) is 0 Å². The zero-order chi connectivity index (χ0) is 12.0. The van der Waals surface area contributed by atoms with Crippen LogP contribution in [0.25, 0.3) is 0 Å². The maximum Gasteiger partial charge on any atom is 0.0409 e. The van der Waals surface area contributed by atoms with Crippen LogP contribution in [0.1, 0.15) is 31.0 Å². The number of rotatable bonds is 6. The molecule has 0 bridgehead atoms. The molecule has 1 rings (SSSR count). The summed E-state index contributed by atoms with van der Waals surface area (Å²) in [7, 11) is 2.04. The van der Waals surface area contributed by atoms with Gasteiger partial charge in [-0.25, -0.2) is 0 Å². The van der Waals surface area contributed by atoms with Crippen LogP contribution in [0.15, 0.2) is 24.3 Å². The van der Waals surface area contributed by atoms with Crippen LogP contribution in [0.2, 0.25) is 0 Å². The highest BCUT2D eigenvalue weighted by molar-refractivity contribution is 7.98. The van der Waals surface area contributed by atoms with Crippen LogP contribution in [0, 0.1) is 5.92 Å². The van der Waals surface area contributed by atoms with Gasteiger partial charge in [0.2, 0.25) is 0 Å². The summed E-state index contributed by atoms with van der Waals surface area (Å²) in [5, 5.41) is 3.38. The van der Waals surface area contributed by atoms with E-state index in [1.165, 1.54) is 17.5 Å². The Morgan fingerprint density at radius 1 is 1.31 bits per heavy atom. The van der Waals surface area contributed by atoms with E-state index in [4.69, 9.17) is 0 Å². The van der Waals surface area contributed by atoms with E-state index >= 15 is 0 Å². The first kappa shape index (κ1) is 13.6. The van der Waals surface area contributed by atoms with E-state index in [0.717, 1.165) is 11.7 Å². The van der Waals surface area contributed by atoms with Gasteiger partial charge in [0.25, 0.3) is 0 Å². The fourth-order valence-electron chi connectivity index (χ4n) is 1.92. The molecule has 0 aliphatic carbocycles. The van der Waals surface area contributed by atoms with E-state index in [1.807, 2.05) is 18.8 Å². The first-order valence-electron chi connectivity index (χ1n) is 5.92. The lowest BCUT2D eigenvalue weighted by Gasteiger charge is -2.16. The van der Waals surface area contributed by atoms with Crippen LogP contribution < -0.4 is 5.32 Å². The van der Waals surface area contributed by atoms with Crippen LogP contribution in [-0.4, -0.2) is 19.1 Å². The second-order valence-corrected chi connectivity index (χ2v) is 5.55. The van der Waals surface area contributed by atoms with Gasteiger partial charge in [0.1, 0.15) is 0 Å². The second-order valence-electron chi connectivity index (χ2n) is 4.64. The van der Waals surface area contributed by atoms with Crippen LogP contribution >= 0.6 is 11.8 Å². The van der Waals surface area contributed by atoms with Gasteiger partial charge in [0.05, 0.1) is 0 Å². The molecule has 0 radical (unpaired) electrons. The van der Waals surface area contributed by atoms with Crippen LogP contribution in [0.3, 0.4) is 0 Å². The van der Waals surface area contributed by atoms with Crippen LogP contribution in [0.5, 0.6) is 0 Å². The first-order valence-corrected chi connectivity index (χ1v) is 7.31. The molecular weight excluding hydrogens is 214 g/mol. The van der Waals surface area contributed by atoms with Gasteiger partial charge < -0.3 is 5.32 Å². The van der Waals surface area contributed by atoms with Crippen molar-refractivity contribution in [2.45, 2.75) is 26.3 Å². The zero-order valence-corrected chi connectivity index (χ0v) is 11.6. The highest BCUT2D eigenvalue weighted by Crippen LogP contribution is 2.19. The highest BCUT2D eigenvalue weighted by Gasteiger charge is 2.08. The number of nitrogens with one attached hydrogen (secondary N) is 1. The molecule has 1 nitrogen and oxygen atoms in total. The van der Waals surface area contributed by atoms with Gasteiger partial charge >= 0.3 is 0 Å². The summed E-state index contributed by atoms with van der Waals surface area (Å²) in [4.78, 5) is 0. The van der Waals surface area contributed by atoms with Gasteiger partial charge in [-0.2, -0.15) is 11.8 Å². The van der Waals surface area contributed by atoms with Crippen molar-refractivity contribution >= 4 is 11.8 Å². The molecule has 1 aromatic carbocycles. The van der Waals surface area contributed by atoms with Crippen molar-refractivity contribution in [2.75, 3.05) is 19.1 Å². The predicted molar refractivity (Wildman–Crippen MR) is 75.2 cm³/mol. The van der Waals surface area contributed by atoms with Gasteiger partial charge in [-0.05, 0) is 36.8 Å². The Morgan fingerprint density at radius 2 is 2.06 bits per heavy atom. The molecule has 0 amide bonds. The molecule has 1 N–H and O–H groups in total. The number of benzene rings is 1. The summed E-state index contributed by atoms with van der Waals surface area (Å²) < 4.78 is 0. The van der Waals surface area contributed by atoms with Crippen molar-refractivity contribution in [1.82, 2.24) is 5.32 Å². The van der Waals surface area contributed by atoms with Gasteiger partial charge in [-0.3, -0.25) is 0 Å². The number of thioether (sulfide) groups is 1. The Hall–Kier alpha value is -0.470. The molecule has 1 unspecified atom stereocenters. The van der Waals surface area contributed by atoms with Gasteiger partial charge in [-0.15, -0.1) is 0 Å². The molecule has 0 heterocycles. The monoisotopic (exact) mass is 237 g/mol. The summed E-state index contributed by atoms with van der Waals surface area (Å²) >= 11 is 1.89. The molecule has 90 valence electrons. The zero-order valence-electron chi connectivity index (χ0n) is 10.8. The van der Waals surface area contributed by atoms with Crippen molar-refractivity contribution < 1.29 is 0 Å². The predicted octanol–water partition coefficient (Wildman–Crippen LogP) is 3.51. The summed E-state index contributed by atoms with van der Waals surface area (Å²) in [6, 6.07) is 9.45. The standard InChI is InChI=1S/C14H23NS/c1-11(2)8-12-6-5-7-13(9-12)14(15-3)10-16-4/h5-7,9,11,14-15H,8,10H2,1-4H3. The van der Waals surface area contributed by atoms with E-state index in [2.05, 4.69) is 49.7 Å². The molecule has 1 atom stereocenters. The average Bonchev–Trinajstić information content (AvgIpc) is 2.25. The maximum atomic E-state index is 3.38. The average molecular weight is 237 g/mol. The molecule has 0 spiro atoms. The normalized spacial score (nSPS) is 13.1. The minimum Gasteiger partial charge on any atom is -0.312 e. The molecule has 0 aromatic heterocycles. The molecule has 16 heavy (non-hydrogen) atoms. The first-order chi connectivity index (χ1) is 7.67. The highest BCUT2D eigenvalue weighted by atomic mass is 32.2.